The second-order valence-corrected chi connectivity index (χ2v) is 10.4. The molecule has 2 aromatic carbocycles. The van der Waals surface area contributed by atoms with E-state index >= 15 is 0 Å². The summed E-state index contributed by atoms with van der Waals surface area (Å²) in [5, 5.41) is 3.01. The molecule has 0 spiro atoms. The predicted molar refractivity (Wildman–Crippen MR) is 140 cm³/mol. The average Bonchev–Trinajstić information content (AvgIpc) is 3.15. The molecule has 0 unspecified atom stereocenters. The Bertz CT molecular complexity index is 1280. The first kappa shape index (κ1) is 25.9. The van der Waals surface area contributed by atoms with E-state index in [0.717, 1.165) is 28.2 Å². The Labute approximate surface area is 209 Å². The van der Waals surface area contributed by atoms with Crippen LogP contribution in [0.15, 0.2) is 42.5 Å². The first-order valence-corrected chi connectivity index (χ1v) is 11.9. The highest BCUT2D eigenvalue weighted by Gasteiger charge is 2.37. The quantitative estimate of drug-likeness (QED) is 0.477. The van der Waals surface area contributed by atoms with Gasteiger partial charge in [-0.15, -0.1) is 0 Å². The summed E-state index contributed by atoms with van der Waals surface area (Å²) in [7, 11) is 0. The number of nitrogens with zero attached hydrogens (tertiary/aromatic N) is 2. The van der Waals surface area contributed by atoms with Gasteiger partial charge >= 0.3 is 0 Å². The molecule has 35 heavy (non-hydrogen) atoms. The molecular weight excluding hydrogens is 462 g/mol. The maximum Gasteiger partial charge on any atom is 0.273 e. The zero-order chi connectivity index (χ0) is 26.1. The summed E-state index contributed by atoms with van der Waals surface area (Å²) in [5.41, 5.74) is 14.7. The van der Waals surface area contributed by atoms with Crippen molar-refractivity contribution in [3.05, 3.63) is 75.3 Å². The lowest BCUT2D eigenvalue weighted by Gasteiger charge is -2.34. The van der Waals surface area contributed by atoms with Crippen LogP contribution in [0.4, 0.5) is 11.4 Å². The van der Waals surface area contributed by atoms with Crippen LogP contribution in [0.5, 0.6) is 0 Å². The molecule has 0 fully saturated rings. The molecule has 3 rings (SSSR count). The number of benzene rings is 2. The number of carbonyl (C=O) groups is 3. The molecule has 8 nitrogen and oxygen atoms in total. The van der Waals surface area contributed by atoms with E-state index in [4.69, 9.17) is 11.5 Å². The van der Waals surface area contributed by atoms with Crippen molar-refractivity contribution in [3.8, 4) is 0 Å². The smallest absolute Gasteiger partial charge is 0.273 e. The number of amides is 3. The molecule has 3 aromatic rings. The number of nitrogens with one attached hydrogen (secondary N) is 1. The molecule has 0 aliphatic rings. The Kier molecular flexibility index (Phi) is 7.30. The van der Waals surface area contributed by atoms with Gasteiger partial charge in [0.05, 0.1) is 5.69 Å². The zero-order valence-electron chi connectivity index (χ0n) is 20.8. The number of hydrogen-bond acceptors (Lipinski definition) is 6. The van der Waals surface area contributed by atoms with Gasteiger partial charge < -0.3 is 16.8 Å². The molecule has 9 heteroatoms. The molecule has 1 heterocycles. The second kappa shape index (κ2) is 9.87. The van der Waals surface area contributed by atoms with Crippen LogP contribution in [-0.2, 0) is 4.79 Å². The van der Waals surface area contributed by atoms with E-state index in [0.29, 0.717) is 11.3 Å². The molecule has 184 valence electrons. The van der Waals surface area contributed by atoms with Crippen molar-refractivity contribution >= 4 is 40.6 Å². The molecular formula is C26H31N5O3S. The van der Waals surface area contributed by atoms with Gasteiger partial charge in [-0.1, -0.05) is 42.0 Å². The molecule has 1 atom stereocenters. The third kappa shape index (κ3) is 5.51. The largest absolute Gasteiger partial charge is 0.395 e. The Morgan fingerprint density at radius 2 is 1.66 bits per heavy atom. The normalized spacial score (nSPS) is 12.2. The minimum absolute atomic E-state index is 0.0420. The Hall–Kier alpha value is -3.72. The van der Waals surface area contributed by atoms with Gasteiger partial charge in [0.25, 0.3) is 11.8 Å². The van der Waals surface area contributed by atoms with Crippen molar-refractivity contribution in [2.24, 2.45) is 5.73 Å². The third-order valence-electron chi connectivity index (χ3n) is 5.61. The molecule has 0 bridgehead atoms. The van der Waals surface area contributed by atoms with Gasteiger partial charge in [-0.25, -0.2) is 0 Å². The minimum atomic E-state index is -1.01. The molecule has 0 aliphatic carbocycles. The van der Waals surface area contributed by atoms with Crippen LogP contribution >= 0.6 is 11.5 Å². The number of rotatable bonds is 6. The predicted octanol–water partition coefficient (Wildman–Crippen LogP) is 4.05. The standard InChI is InChI=1S/C26H31N5O3S/c1-14-10-12-17(13-11-14)21(24(33)29-26(4,5)6)31(18-9-7-8-15(2)16(18)3)25(34)22-19(27)20(23(28)32)30-35-22/h7-13,21H,27H2,1-6H3,(H2,28,32)(H,29,33)/t21-/m1/s1. The van der Waals surface area contributed by atoms with E-state index in [1.807, 2.05) is 77.9 Å². The maximum absolute atomic E-state index is 14.1. The Balaban J connectivity index is 2.29. The first-order chi connectivity index (χ1) is 16.3. The van der Waals surface area contributed by atoms with Crippen molar-refractivity contribution < 1.29 is 14.4 Å². The van der Waals surface area contributed by atoms with Crippen LogP contribution in [-0.4, -0.2) is 27.6 Å². The van der Waals surface area contributed by atoms with E-state index < -0.39 is 23.4 Å². The van der Waals surface area contributed by atoms with Gasteiger partial charge in [0.2, 0.25) is 5.91 Å². The summed E-state index contributed by atoms with van der Waals surface area (Å²) in [6, 6.07) is 12.0. The van der Waals surface area contributed by atoms with Gasteiger partial charge in [0.15, 0.2) is 5.69 Å². The first-order valence-electron chi connectivity index (χ1n) is 11.1. The summed E-state index contributed by atoms with van der Waals surface area (Å²) in [4.78, 5) is 41.1. The summed E-state index contributed by atoms with van der Waals surface area (Å²) in [6.07, 6.45) is 0. The summed E-state index contributed by atoms with van der Waals surface area (Å²) in [5.74, 6) is -1.72. The number of carbonyl (C=O) groups excluding carboxylic acids is 3. The van der Waals surface area contributed by atoms with Crippen LogP contribution in [0.2, 0.25) is 0 Å². The van der Waals surface area contributed by atoms with Crippen molar-refractivity contribution in [2.45, 2.75) is 53.1 Å². The summed E-state index contributed by atoms with van der Waals surface area (Å²) in [6.45, 7) is 11.4. The van der Waals surface area contributed by atoms with Gasteiger partial charge in [-0.2, -0.15) is 4.37 Å². The number of hydrogen-bond donors (Lipinski definition) is 3. The number of anilines is 2. The lowest BCUT2D eigenvalue weighted by Crippen LogP contribution is -2.49. The number of aryl methyl sites for hydroxylation is 2. The van der Waals surface area contributed by atoms with E-state index in [2.05, 4.69) is 9.69 Å². The third-order valence-corrected chi connectivity index (χ3v) is 6.46. The molecule has 0 saturated heterocycles. The highest BCUT2D eigenvalue weighted by molar-refractivity contribution is 7.09. The fourth-order valence-corrected chi connectivity index (χ4v) is 4.45. The van der Waals surface area contributed by atoms with E-state index in [-0.39, 0.29) is 22.2 Å². The molecule has 0 aliphatic heterocycles. The summed E-state index contributed by atoms with van der Waals surface area (Å²) >= 11 is 0.787. The maximum atomic E-state index is 14.1. The Morgan fingerprint density at radius 1 is 1.03 bits per heavy atom. The number of nitrogens with two attached hydrogens (primary N) is 2. The van der Waals surface area contributed by atoms with E-state index in [9.17, 15) is 14.4 Å². The lowest BCUT2D eigenvalue weighted by molar-refractivity contribution is -0.123. The number of primary amides is 1. The van der Waals surface area contributed by atoms with Crippen LogP contribution in [0.3, 0.4) is 0 Å². The Morgan fingerprint density at radius 3 is 2.20 bits per heavy atom. The van der Waals surface area contributed by atoms with Crippen LogP contribution in [0, 0.1) is 20.8 Å². The fourth-order valence-electron chi connectivity index (χ4n) is 3.71. The lowest BCUT2D eigenvalue weighted by atomic mass is 9.98. The topological polar surface area (TPSA) is 131 Å². The van der Waals surface area contributed by atoms with Crippen LogP contribution < -0.4 is 21.7 Å². The van der Waals surface area contributed by atoms with Crippen molar-refractivity contribution in [1.82, 2.24) is 9.69 Å². The SMILES string of the molecule is Cc1ccc([C@H](C(=O)NC(C)(C)C)N(C(=O)c2snc(C(N)=O)c2N)c2cccc(C)c2C)cc1. The number of nitrogen functional groups attached to an aromatic ring is 1. The van der Waals surface area contributed by atoms with Crippen molar-refractivity contribution in [3.63, 3.8) is 0 Å². The van der Waals surface area contributed by atoms with E-state index in [1.165, 1.54) is 4.90 Å². The van der Waals surface area contributed by atoms with Gasteiger partial charge in [0.1, 0.15) is 10.9 Å². The molecule has 1 aromatic heterocycles. The molecule has 5 N–H and O–H groups in total. The van der Waals surface area contributed by atoms with E-state index in [1.54, 1.807) is 6.07 Å². The molecule has 0 saturated carbocycles. The molecule has 0 radical (unpaired) electrons. The van der Waals surface area contributed by atoms with Crippen LogP contribution in [0.1, 0.15) is 69.2 Å². The minimum Gasteiger partial charge on any atom is -0.395 e. The summed E-state index contributed by atoms with van der Waals surface area (Å²) < 4.78 is 3.99. The van der Waals surface area contributed by atoms with Crippen LogP contribution in [0.25, 0.3) is 0 Å². The average molecular weight is 494 g/mol. The van der Waals surface area contributed by atoms with Crippen molar-refractivity contribution in [2.75, 3.05) is 10.6 Å². The highest BCUT2D eigenvalue weighted by Crippen LogP contribution is 2.36. The van der Waals surface area contributed by atoms with Gasteiger partial charge in [0, 0.05) is 11.2 Å². The zero-order valence-corrected chi connectivity index (χ0v) is 21.6. The highest BCUT2D eigenvalue weighted by atomic mass is 32.1. The molecule has 3 amide bonds. The second-order valence-electron chi connectivity index (χ2n) is 9.58. The fraction of sp³-hybridized carbons (Fsp3) is 0.308. The van der Waals surface area contributed by atoms with Gasteiger partial charge in [-0.05, 0) is 75.8 Å². The number of aromatic nitrogens is 1. The monoisotopic (exact) mass is 493 g/mol. The van der Waals surface area contributed by atoms with Gasteiger partial charge in [-0.3, -0.25) is 19.3 Å². The van der Waals surface area contributed by atoms with Crippen molar-refractivity contribution in [1.29, 1.82) is 0 Å².